The topological polar surface area (TPSA) is 77.7 Å². The van der Waals surface area contributed by atoms with E-state index in [0.29, 0.717) is 17.7 Å². The van der Waals surface area contributed by atoms with Gasteiger partial charge in [0.25, 0.3) is 0 Å². The standard InChI is InChI=1S/C23H16F6N4O2S2/c1-33-11-18(19(12-33)37(2,34)35)36-21-31-10-17(13-3-5-30-6-4-13)20(32-21)14-7-15(22(24,25)26)9-16(8-14)23(27,28)29/h3-12H,1-2H3. The SMILES string of the molecule is Cn1cc(Sc2ncc(-c3ccncc3)c(-c3cc(C(F)(F)F)cc(C(F)(F)F)c3)n2)c(S(C)(=O)=O)c1. The van der Waals surface area contributed by atoms with Crippen molar-refractivity contribution in [3.05, 3.63) is 72.4 Å². The molecule has 0 amide bonds. The van der Waals surface area contributed by atoms with Crippen LogP contribution in [0.3, 0.4) is 0 Å². The molecule has 14 heteroatoms. The third kappa shape index (κ3) is 5.96. The number of hydrogen-bond acceptors (Lipinski definition) is 6. The third-order valence-electron chi connectivity index (χ3n) is 5.10. The molecule has 0 unspecified atom stereocenters. The first-order valence-corrected chi connectivity index (χ1v) is 12.9. The number of pyridine rings is 1. The molecular formula is C23H16F6N4O2S2. The summed E-state index contributed by atoms with van der Waals surface area (Å²) in [6.07, 6.45) is -2.17. The van der Waals surface area contributed by atoms with Crippen LogP contribution in [0.25, 0.3) is 22.4 Å². The van der Waals surface area contributed by atoms with Gasteiger partial charge in [0.1, 0.15) is 0 Å². The van der Waals surface area contributed by atoms with Crippen molar-refractivity contribution in [2.75, 3.05) is 6.26 Å². The molecule has 6 nitrogen and oxygen atoms in total. The van der Waals surface area contributed by atoms with Gasteiger partial charge in [-0.2, -0.15) is 26.3 Å². The highest BCUT2D eigenvalue weighted by atomic mass is 32.2. The minimum Gasteiger partial charge on any atom is -0.355 e. The summed E-state index contributed by atoms with van der Waals surface area (Å²) in [5.41, 5.74) is -3.05. The summed E-state index contributed by atoms with van der Waals surface area (Å²) in [5, 5.41) is -0.0742. The van der Waals surface area contributed by atoms with Gasteiger partial charge in [0, 0.05) is 55.4 Å². The van der Waals surface area contributed by atoms with E-state index < -0.39 is 38.9 Å². The fraction of sp³-hybridized carbons (Fsp3) is 0.174. The van der Waals surface area contributed by atoms with Crippen LogP contribution in [-0.2, 0) is 29.2 Å². The molecule has 0 N–H and O–H groups in total. The second kappa shape index (κ2) is 9.49. The number of benzene rings is 1. The molecule has 0 saturated carbocycles. The van der Waals surface area contributed by atoms with Crippen LogP contribution >= 0.6 is 11.8 Å². The van der Waals surface area contributed by atoms with Gasteiger partial charge in [-0.15, -0.1) is 0 Å². The molecule has 0 fully saturated rings. The number of aromatic nitrogens is 4. The lowest BCUT2D eigenvalue weighted by Gasteiger charge is -2.16. The highest BCUT2D eigenvalue weighted by molar-refractivity contribution is 8.00. The third-order valence-corrected chi connectivity index (χ3v) is 7.28. The molecule has 0 spiro atoms. The second-order valence-corrected chi connectivity index (χ2v) is 11.0. The molecule has 0 radical (unpaired) electrons. The lowest BCUT2D eigenvalue weighted by atomic mass is 9.97. The van der Waals surface area contributed by atoms with E-state index in [1.807, 2.05) is 0 Å². The first-order valence-electron chi connectivity index (χ1n) is 10.2. The van der Waals surface area contributed by atoms with E-state index in [9.17, 15) is 34.8 Å². The van der Waals surface area contributed by atoms with Crippen molar-refractivity contribution in [3.8, 4) is 22.4 Å². The highest BCUT2D eigenvalue weighted by Gasteiger charge is 2.37. The van der Waals surface area contributed by atoms with E-state index in [0.717, 1.165) is 18.0 Å². The van der Waals surface area contributed by atoms with Gasteiger partial charge in [-0.3, -0.25) is 4.98 Å². The summed E-state index contributed by atoms with van der Waals surface area (Å²) in [4.78, 5) is 12.6. The summed E-state index contributed by atoms with van der Waals surface area (Å²) >= 11 is 0.815. The van der Waals surface area contributed by atoms with Gasteiger partial charge in [-0.05, 0) is 47.7 Å². The number of aryl methyl sites for hydroxylation is 1. The lowest BCUT2D eigenvalue weighted by molar-refractivity contribution is -0.143. The van der Waals surface area contributed by atoms with Crippen molar-refractivity contribution < 1.29 is 34.8 Å². The summed E-state index contributed by atoms with van der Waals surface area (Å²) in [6.45, 7) is 0. The molecule has 0 atom stereocenters. The van der Waals surface area contributed by atoms with Gasteiger partial charge in [0.05, 0.1) is 26.6 Å². The van der Waals surface area contributed by atoms with Crippen molar-refractivity contribution in [1.82, 2.24) is 19.5 Å². The van der Waals surface area contributed by atoms with E-state index in [-0.39, 0.29) is 32.3 Å². The van der Waals surface area contributed by atoms with Crippen LogP contribution in [0.1, 0.15) is 11.1 Å². The predicted octanol–water partition coefficient (Wildman–Crippen LogP) is 6.14. The predicted molar refractivity (Wildman–Crippen MR) is 123 cm³/mol. The Morgan fingerprint density at radius 1 is 0.892 bits per heavy atom. The van der Waals surface area contributed by atoms with Crippen LogP contribution in [-0.4, -0.2) is 34.2 Å². The zero-order valence-electron chi connectivity index (χ0n) is 19.0. The van der Waals surface area contributed by atoms with Gasteiger partial charge in [-0.1, -0.05) is 0 Å². The van der Waals surface area contributed by atoms with Crippen LogP contribution in [0.4, 0.5) is 26.3 Å². The summed E-state index contributed by atoms with van der Waals surface area (Å²) in [6, 6.07) is 4.22. The van der Waals surface area contributed by atoms with Crippen LogP contribution in [0.5, 0.6) is 0 Å². The van der Waals surface area contributed by atoms with Crippen molar-refractivity contribution >= 4 is 21.6 Å². The Bertz CT molecular complexity index is 1530. The van der Waals surface area contributed by atoms with Crippen LogP contribution in [0.2, 0.25) is 0 Å². The van der Waals surface area contributed by atoms with Gasteiger partial charge in [0.2, 0.25) is 0 Å². The molecule has 0 aliphatic carbocycles. The van der Waals surface area contributed by atoms with Gasteiger partial charge >= 0.3 is 12.4 Å². The van der Waals surface area contributed by atoms with E-state index in [1.54, 1.807) is 7.05 Å². The Labute approximate surface area is 211 Å². The zero-order chi connectivity index (χ0) is 27.2. The molecule has 0 aliphatic rings. The van der Waals surface area contributed by atoms with E-state index >= 15 is 0 Å². The number of sulfone groups is 1. The maximum atomic E-state index is 13.5. The Kier molecular flexibility index (Phi) is 6.84. The molecule has 4 rings (SSSR count). The molecule has 0 aliphatic heterocycles. The van der Waals surface area contributed by atoms with E-state index in [4.69, 9.17) is 0 Å². The van der Waals surface area contributed by atoms with Crippen LogP contribution < -0.4 is 0 Å². The van der Waals surface area contributed by atoms with Crippen LogP contribution in [0.15, 0.2) is 76.3 Å². The van der Waals surface area contributed by atoms with Crippen molar-refractivity contribution in [2.45, 2.75) is 27.3 Å². The average molecular weight is 559 g/mol. The second-order valence-electron chi connectivity index (χ2n) is 7.97. The van der Waals surface area contributed by atoms with Gasteiger partial charge in [-0.25, -0.2) is 18.4 Å². The zero-order valence-corrected chi connectivity index (χ0v) is 20.6. The largest absolute Gasteiger partial charge is 0.416 e. The fourth-order valence-corrected chi connectivity index (χ4v) is 5.62. The van der Waals surface area contributed by atoms with Crippen molar-refractivity contribution in [1.29, 1.82) is 0 Å². The molecular weight excluding hydrogens is 542 g/mol. The fourth-order valence-electron chi connectivity index (χ4n) is 3.46. The quantitative estimate of drug-likeness (QED) is 0.217. The first kappa shape index (κ1) is 26.7. The molecule has 194 valence electrons. The molecule has 3 heterocycles. The Morgan fingerprint density at radius 2 is 1.49 bits per heavy atom. The monoisotopic (exact) mass is 558 g/mol. The van der Waals surface area contributed by atoms with Crippen molar-refractivity contribution in [2.24, 2.45) is 7.05 Å². The maximum Gasteiger partial charge on any atom is 0.416 e. The Balaban J connectivity index is 1.94. The smallest absolute Gasteiger partial charge is 0.355 e. The number of nitrogens with zero attached hydrogens (tertiary/aromatic N) is 4. The Morgan fingerprint density at radius 3 is 2.03 bits per heavy atom. The molecule has 3 aromatic heterocycles. The highest BCUT2D eigenvalue weighted by Crippen LogP contribution is 2.41. The van der Waals surface area contributed by atoms with E-state index in [2.05, 4.69) is 15.0 Å². The first-order chi connectivity index (χ1) is 17.1. The van der Waals surface area contributed by atoms with Gasteiger partial charge < -0.3 is 4.57 Å². The molecule has 0 bridgehead atoms. The number of rotatable bonds is 5. The summed E-state index contributed by atoms with van der Waals surface area (Å²) in [7, 11) is -2.05. The van der Waals surface area contributed by atoms with Gasteiger partial charge in [0.15, 0.2) is 15.0 Å². The average Bonchev–Trinajstić information content (AvgIpc) is 3.18. The molecule has 1 aromatic carbocycles. The minimum absolute atomic E-state index is 0.0261. The lowest BCUT2D eigenvalue weighted by Crippen LogP contribution is -2.11. The summed E-state index contributed by atoms with van der Waals surface area (Å²) < 4.78 is 107. The molecule has 4 aromatic rings. The van der Waals surface area contributed by atoms with E-state index in [1.165, 1.54) is 47.7 Å². The minimum atomic E-state index is -5.05. The molecule has 37 heavy (non-hydrogen) atoms. The Hall–Kier alpha value is -3.39. The summed E-state index contributed by atoms with van der Waals surface area (Å²) in [5.74, 6) is 0. The molecule has 0 saturated heterocycles. The van der Waals surface area contributed by atoms with Crippen LogP contribution in [0, 0.1) is 0 Å². The maximum absolute atomic E-state index is 13.5. The van der Waals surface area contributed by atoms with Crippen molar-refractivity contribution in [3.63, 3.8) is 0 Å². The normalized spacial score (nSPS) is 12.6. The number of hydrogen-bond donors (Lipinski definition) is 0. The number of halogens is 6. The number of alkyl halides is 6.